The van der Waals surface area contributed by atoms with Crippen LogP contribution in [-0.2, 0) is 6.61 Å². The molecule has 2 amide bonds. The van der Waals surface area contributed by atoms with Crippen molar-refractivity contribution in [1.82, 2.24) is 10.9 Å². The lowest BCUT2D eigenvalue weighted by Crippen LogP contribution is -2.41. The molecule has 0 unspecified atom stereocenters. The highest BCUT2D eigenvalue weighted by atomic mass is 32.1. The van der Waals surface area contributed by atoms with Gasteiger partial charge in [-0.2, -0.15) is 0 Å². The van der Waals surface area contributed by atoms with Gasteiger partial charge in [-0.1, -0.05) is 12.1 Å². The SMILES string of the molecule is CCOc1cc(C(=O)NNC(=O)c2cc3c(s2)-c2ccccc2OC3)cc(OCC)c1OCC. The van der Waals surface area contributed by atoms with E-state index in [-0.39, 0.29) is 5.56 Å². The van der Waals surface area contributed by atoms with E-state index in [4.69, 9.17) is 18.9 Å². The monoisotopic (exact) mass is 482 g/mol. The fraction of sp³-hybridized carbons (Fsp3) is 0.280. The van der Waals surface area contributed by atoms with Crippen LogP contribution in [0.15, 0.2) is 42.5 Å². The number of hydrazine groups is 1. The molecule has 0 radical (unpaired) electrons. The molecule has 0 atom stereocenters. The Kier molecular flexibility index (Phi) is 7.22. The Morgan fingerprint density at radius 2 is 1.56 bits per heavy atom. The highest BCUT2D eigenvalue weighted by molar-refractivity contribution is 7.17. The molecule has 8 nitrogen and oxygen atoms in total. The summed E-state index contributed by atoms with van der Waals surface area (Å²) in [4.78, 5) is 27.1. The number of carbonyl (C=O) groups is 2. The molecule has 9 heteroatoms. The fourth-order valence-electron chi connectivity index (χ4n) is 3.58. The first kappa shape index (κ1) is 23.4. The average molecular weight is 483 g/mol. The summed E-state index contributed by atoms with van der Waals surface area (Å²) in [5, 5.41) is 0. The van der Waals surface area contributed by atoms with Gasteiger partial charge >= 0.3 is 0 Å². The topological polar surface area (TPSA) is 95.1 Å². The van der Waals surface area contributed by atoms with E-state index in [0.717, 1.165) is 21.8 Å². The minimum absolute atomic E-state index is 0.267. The molecular weight excluding hydrogens is 456 g/mol. The third-order valence-corrected chi connectivity index (χ3v) is 6.22. The first-order valence-electron chi connectivity index (χ1n) is 11.1. The van der Waals surface area contributed by atoms with Crippen LogP contribution >= 0.6 is 11.3 Å². The predicted octanol–water partition coefficient (Wildman–Crippen LogP) is 4.58. The van der Waals surface area contributed by atoms with Gasteiger partial charge in [-0.05, 0) is 51.1 Å². The van der Waals surface area contributed by atoms with Crippen molar-refractivity contribution in [3.63, 3.8) is 0 Å². The van der Waals surface area contributed by atoms with Crippen LogP contribution in [0.3, 0.4) is 0 Å². The van der Waals surface area contributed by atoms with Gasteiger partial charge in [0.05, 0.1) is 24.7 Å². The summed E-state index contributed by atoms with van der Waals surface area (Å²) >= 11 is 1.36. The van der Waals surface area contributed by atoms with Crippen molar-refractivity contribution in [2.45, 2.75) is 27.4 Å². The largest absolute Gasteiger partial charge is 0.490 e. The second-order valence-corrected chi connectivity index (χ2v) is 8.31. The molecule has 1 aliphatic rings. The minimum atomic E-state index is -0.506. The fourth-order valence-corrected chi connectivity index (χ4v) is 4.67. The van der Waals surface area contributed by atoms with Gasteiger partial charge in [0.2, 0.25) is 5.75 Å². The van der Waals surface area contributed by atoms with E-state index < -0.39 is 11.8 Å². The van der Waals surface area contributed by atoms with Gasteiger partial charge in [0.15, 0.2) is 11.5 Å². The zero-order valence-electron chi connectivity index (χ0n) is 19.2. The summed E-state index contributed by atoms with van der Waals surface area (Å²) in [6, 6.07) is 12.6. The standard InChI is InChI=1S/C25H26N2O6S/c1-4-30-19-11-15(12-20(31-5-2)22(19)32-6-3)24(28)26-27-25(29)21-13-16-14-33-18-10-8-7-9-17(18)23(16)34-21/h7-13H,4-6,14H2,1-3H3,(H,26,28)(H,27,29). The molecule has 0 saturated carbocycles. The van der Waals surface area contributed by atoms with E-state index in [1.54, 1.807) is 18.2 Å². The highest BCUT2D eigenvalue weighted by Gasteiger charge is 2.23. The molecule has 2 heterocycles. The van der Waals surface area contributed by atoms with E-state index in [9.17, 15) is 9.59 Å². The highest BCUT2D eigenvalue weighted by Crippen LogP contribution is 2.42. The third kappa shape index (κ3) is 4.79. The smallest absolute Gasteiger partial charge is 0.279 e. The predicted molar refractivity (Wildman–Crippen MR) is 129 cm³/mol. The lowest BCUT2D eigenvalue weighted by Gasteiger charge is -2.17. The van der Waals surface area contributed by atoms with Gasteiger partial charge in [-0.15, -0.1) is 11.3 Å². The summed E-state index contributed by atoms with van der Waals surface area (Å²) in [6.45, 7) is 7.14. The van der Waals surface area contributed by atoms with E-state index in [1.807, 2.05) is 45.0 Å². The van der Waals surface area contributed by atoms with Crippen molar-refractivity contribution in [1.29, 1.82) is 0 Å². The summed E-state index contributed by atoms with van der Waals surface area (Å²) in [6.07, 6.45) is 0. The molecule has 178 valence electrons. The van der Waals surface area contributed by atoms with Crippen molar-refractivity contribution in [2.75, 3.05) is 19.8 Å². The molecular formula is C25H26N2O6S. The Hall–Kier alpha value is -3.72. The molecule has 0 aliphatic carbocycles. The second-order valence-electron chi connectivity index (χ2n) is 7.26. The number of rotatable bonds is 8. The van der Waals surface area contributed by atoms with Crippen molar-refractivity contribution in [3.05, 3.63) is 58.5 Å². The quantitative estimate of drug-likeness (QED) is 0.457. The van der Waals surface area contributed by atoms with Gasteiger partial charge in [0.25, 0.3) is 11.8 Å². The Labute approximate surface area is 201 Å². The number of hydrogen-bond acceptors (Lipinski definition) is 7. The third-order valence-electron chi connectivity index (χ3n) is 5.01. The Balaban J connectivity index is 1.50. The molecule has 0 spiro atoms. The summed E-state index contributed by atoms with van der Waals surface area (Å²) in [5.74, 6) is 1.12. The number of thiophene rings is 1. The summed E-state index contributed by atoms with van der Waals surface area (Å²) in [7, 11) is 0. The van der Waals surface area contributed by atoms with Crippen LogP contribution in [0.25, 0.3) is 10.4 Å². The number of para-hydroxylation sites is 1. The number of hydrogen-bond donors (Lipinski definition) is 2. The van der Waals surface area contributed by atoms with Gasteiger partial charge in [0, 0.05) is 21.6 Å². The number of benzene rings is 2. The average Bonchev–Trinajstić information content (AvgIpc) is 3.29. The summed E-state index contributed by atoms with van der Waals surface area (Å²) in [5.41, 5.74) is 7.13. The maximum Gasteiger partial charge on any atom is 0.279 e. The molecule has 3 aromatic rings. The number of nitrogens with one attached hydrogen (secondary N) is 2. The van der Waals surface area contributed by atoms with Crippen LogP contribution in [0, 0.1) is 0 Å². The van der Waals surface area contributed by atoms with Gasteiger partial charge < -0.3 is 18.9 Å². The molecule has 1 aromatic heterocycles. The molecule has 0 saturated heterocycles. The lowest BCUT2D eigenvalue weighted by atomic mass is 10.1. The van der Waals surface area contributed by atoms with Crippen LogP contribution in [0.2, 0.25) is 0 Å². The van der Waals surface area contributed by atoms with Crippen LogP contribution in [0.4, 0.5) is 0 Å². The maximum atomic E-state index is 12.8. The first-order chi connectivity index (χ1) is 16.5. The zero-order chi connectivity index (χ0) is 24.1. The molecule has 1 aliphatic heterocycles. The summed E-state index contributed by atoms with van der Waals surface area (Å²) < 4.78 is 22.7. The van der Waals surface area contributed by atoms with Crippen LogP contribution in [0.1, 0.15) is 46.4 Å². The Morgan fingerprint density at radius 1 is 0.912 bits per heavy atom. The molecule has 0 fully saturated rings. The van der Waals surface area contributed by atoms with Crippen molar-refractivity contribution >= 4 is 23.2 Å². The zero-order valence-corrected chi connectivity index (χ0v) is 20.0. The number of carbonyl (C=O) groups excluding carboxylic acids is 2. The minimum Gasteiger partial charge on any atom is -0.490 e. The number of ether oxygens (including phenoxy) is 4. The second kappa shape index (κ2) is 10.5. The molecule has 0 bridgehead atoms. The van der Waals surface area contributed by atoms with Crippen molar-refractivity contribution in [3.8, 4) is 33.4 Å². The molecule has 2 N–H and O–H groups in total. The molecule has 2 aromatic carbocycles. The number of amides is 2. The van der Waals surface area contributed by atoms with E-state index in [1.165, 1.54) is 11.3 Å². The van der Waals surface area contributed by atoms with Crippen molar-refractivity contribution in [2.24, 2.45) is 0 Å². The van der Waals surface area contributed by atoms with Crippen LogP contribution in [0.5, 0.6) is 23.0 Å². The van der Waals surface area contributed by atoms with Gasteiger partial charge in [0.1, 0.15) is 12.4 Å². The Morgan fingerprint density at radius 3 is 2.24 bits per heavy atom. The normalized spacial score (nSPS) is 11.5. The van der Waals surface area contributed by atoms with Gasteiger partial charge in [-0.25, -0.2) is 0 Å². The number of fused-ring (bicyclic) bond motifs is 3. The van der Waals surface area contributed by atoms with E-state index in [0.29, 0.717) is 48.6 Å². The molecule has 34 heavy (non-hydrogen) atoms. The van der Waals surface area contributed by atoms with Gasteiger partial charge in [-0.3, -0.25) is 20.4 Å². The molecule has 4 rings (SSSR count). The van der Waals surface area contributed by atoms with Crippen LogP contribution in [-0.4, -0.2) is 31.6 Å². The lowest BCUT2D eigenvalue weighted by molar-refractivity contribution is 0.0848. The maximum absolute atomic E-state index is 12.8. The van der Waals surface area contributed by atoms with Crippen LogP contribution < -0.4 is 29.8 Å². The van der Waals surface area contributed by atoms with E-state index >= 15 is 0 Å². The first-order valence-corrected chi connectivity index (χ1v) is 11.9. The van der Waals surface area contributed by atoms with Crippen molar-refractivity contribution < 1.29 is 28.5 Å². The van der Waals surface area contributed by atoms with E-state index in [2.05, 4.69) is 10.9 Å². The Bertz CT molecular complexity index is 1180.